The molecule has 0 aliphatic carbocycles. The van der Waals surface area contributed by atoms with E-state index in [1.165, 1.54) is 0 Å². The molecule has 138 valence electrons. The SMILES string of the molecule is Cn1ccc(-n2nnc3cnc(Nc4cnn(C5CCOCC5)c4)nc32)n1. The van der Waals surface area contributed by atoms with E-state index in [9.17, 15) is 0 Å². The number of nitrogens with one attached hydrogen (secondary N) is 1. The molecule has 0 bridgehead atoms. The number of rotatable bonds is 4. The minimum atomic E-state index is 0.368. The highest BCUT2D eigenvalue weighted by atomic mass is 16.5. The first kappa shape index (κ1) is 15.9. The molecule has 1 N–H and O–H groups in total. The number of anilines is 2. The molecule has 1 fully saturated rings. The fourth-order valence-electron chi connectivity index (χ4n) is 3.14. The molecule has 4 aromatic rings. The number of hydrogen-bond donors (Lipinski definition) is 1. The summed E-state index contributed by atoms with van der Waals surface area (Å²) < 4.78 is 10.7. The second-order valence-corrected chi connectivity index (χ2v) is 6.43. The Hall–Kier alpha value is -3.34. The van der Waals surface area contributed by atoms with E-state index in [0.29, 0.717) is 29.0 Å². The number of aryl methyl sites for hydroxylation is 1. The number of nitrogens with zero attached hydrogens (tertiary/aromatic N) is 9. The van der Waals surface area contributed by atoms with Gasteiger partial charge in [0.1, 0.15) is 0 Å². The lowest BCUT2D eigenvalue weighted by Gasteiger charge is -2.22. The quantitative estimate of drug-likeness (QED) is 0.574. The van der Waals surface area contributed by atoms with Gasteiger partial charge in [-0.15, -0.1) is 5.10 Å². The molecule has 5 rings (SSSR count). The van der Waals surface area contributed by atoms with Gasteiger partial charge in [0.25, 0.3) is 0 Å². The van der Waals surface area contributed by atoms with Crippen LogP contribution in [-0.4, -0.2) is 57.7 Å². The molecule has 0 radical (unpaired) electrons. The molecule has 4 aromatic heterocycles. The van der Waals surface area contributed by atoms with Gasteiger partial charge in [0, 0.05) is 38.7 Å². The lowest BCUT2D eigenvalue weighted by molar-refractivity contribution is 0.0662. The summed E-state index contributed by atoms with van der Waals surface area (Å²) in [7, 11) is 1.85. The first-order valence-corrected chi connectivity index (χ1v) is 8.74. The maximum atomic E-state index is 5.41. The van der Waals surface area contributed by atoms with Gasteiger partial charge in [-0.3, -0.25) is 9.36 Å². The minimum Gasteiger partial charge on any atom is -0.381 e. The van der Waals surface area contributed by atoms with E-state index in [4.69, 9.17) is 4.74 Å². The van der Waals surface area contributed by atoms with Crippen molar-refractivity contribution >= 4 is 22.8 Å². The maximum Gasteiger partial charge on any atom is 0.229 e. The molecule has 0 amide bonds. The predicted molar refractivity (Wildman–Crippen MR) is 95.8 cm³/mol. The van der Waals surface area contributed by atoms with E-state index in [2.05, 4.69) is 35.8 Å². The third-order valence-corrected chi connectivity index (χ3v) is 4.53. The van der Waals surface area contributed by atoms with Crippen molar-refractivity contribution in [3.8, 4) is 5.82 Å². The highest BCUT2D eigenvalue weighted by molar-refractivity contribution is 5.72. The van der Waals surface area contributed by atoms with Crippen LogP contribution in [0.4, 0.5) is 11.6 Å². The third kappa shape index (κ3) is 3.01. The van der Waals surface area contributed by atoms with Gasteiger partial charge < -0.3 is 10.1 Å². The van der Waals surface area contributed by atoms with Gasteiger partial charge in [-0.2, -0.15) is 19.9 Å². The van der Waals surface area contributed by atoms with Crippen LogP contribution in [0.2, 0.25) is 0 Å². The van der Waals surface area contributed by atoms with Crippen molar-refractivity contribution in [2.24, 2.45) is 7.05 Å². The van der Waals surface area contributed by atoms with Crippen molar-refractivity contribution in [2.45, 2.75) is 18.9 Å². The number of hydrogen-bond acceptors (Lipinski definition) is 8. The third-order valence-electron chi connectivity index (χ3n) is 4.53. The molecule has 1 aliphatic rings. The Labute approximate surface area is 154 Å². The molecule has 0 spiro atoms. The Kier molecular flexibility index (Phi) is 3.78. The summed E-state index contributed by atoms with van der Waals surface area (Å²) in [6.45, 7) is 1.55. The van der Waals surface area contributed by atoms with Crippen LogP contribution in [0.5, 0.6) is 0 Å². The van der Waals surface area contributed by atoms with E-state index in [1.54, 1.807) is 21.8 Å². The second kappa shape index (κ2) is 6.43. The molecular weight excluding hydrogens is 348 g/mol. The average Bonchev–Trinajstić information content (AvgIpc) is 3.42. The lowest BCUT2D eigenvalue weighted by atomic mass is 10.1. The summed E-state index contributed by atoms with van der Waals surface area (Å²) >= 11 is 0. The standard InChI is InChI=1S/C16H18N10O/c1-24-5-2-14(22-24)26-15-13(21-23-26)9-17-16(20-15)19-11-8-18-25(10-11)12-3-6-27-7-4-12/h2,5,8-10,12H,3-4,6-7H2,1H3,(H,17,19,20). The Balaban J connectivity index is 1.41. The Morgan fingerprint density at radius 3 is 2.93 bits per heavy atom. The number of fused-ring (bicyclic) bond motifs is 1. The Bertz CT molecular complexity index is 1070. The fraction of sp³-hybridized carbons (Fsp3) is 0.375. The van der Waals surface area contributed by atoms with Crippen molar-refractivity contribution in [2.75, 3.05) is 18.5 Å². The van der Waals surface area contributed by atoms with Gasteiger partial charge in [-0.25, -0.2) is 4.98 Å². The summed E-state index contributed by atoms with van der Waals surface area (Å²) in [6.07, 6.45) is 9.17. The van der Waals surface area contributed by atoms with Crippen molar-refractivity contribution in [3.05, 3.63) is 30.9 Å². The monoisotopic (exact) mass is 366 g/mol. The Morgan fingerprint density at radius 1 is 1.22 bits per heavy atom. The van der Waals surface area contributed by atoms with Gasteiger partial charge in [-0.1, -0.05) is 5.21 Å². The van der Waals surface area contributed by atoms with Gasteiger partial charge in [0.15, 0.2) is 17.0 Å². The van der Waals surface area contributed by atoms with Gasteiger partial charge >= 0.3 is 0 Å². The topological polar surface area (TPSA) is 113 Å². The van der Waals surface area contributed by atoms with Crippen LogP contribution in [0.3, 0.4) is 0 Å². The zero-order valence-corrected chi connectivity index (χ0v) is 14.7. The summed E-state index contributed by atoms with van der Waals surface area (Å²) in [6, 6.07) is 2.22. The zero-order chi connectivity index (χ0) is 18.2. The smallest absolute Gasteiger partial charge is 0.229 e. The van der Waals surface area contributed by atoms with Crippen molar-refractivity contribution in [1.82, 2.24) is 44.5 Å². The molecule has 27 heavy (non-hydrogen) atoms. The molecule has 0 unspecified atom stereocenters. The molecule has 1 aliphatic heterocycles. The zero-order valence-electron chi connectivity index (χ0n) is 14.7. The summed E-state index contributed by atoms with van der Waals surface area (Å²) in [5, 5.41) is 20.2. The first-order chi connectivity index (χ1) is 13.3. The summed E-state index contributed by atoms with van der Waals surface area (Å²) in [5.74, 6) is 1.10. The van der Waals surface area contributed by atoms with E-state index in [0.717, 1.165) is 31.7 Å². The molecular formula is C16H18N10O. The van der Waals surface area contributed by atoms with E-state index in [1.807, 2.05) is 30.2 Å². The van der Waals surface area contributed by atoms with E-state index < -0.39 is 0 Å². The summed E-state index contributed by atoms with van der Waals surface area (Å²) in [5.41, 5.74) is 2.02. The van der Waals surface area contributed by atoms with Crippen LogP contribution in [-0.2, 0) is 11.8 Å². The van der Waals surface area contributed by atoms with Crippen LogP contribution in [0.15, 0.2) is 30.9 Å². The molecule has 0 aromatic carbocycles. The van der Waals surface area contributed by atoms with Gasteiger partial charge in [0.2, 0.25) is 5.95 Å². The van der Waals surface area contributed by atoms with Crippen molar-refractivity contribution in [3.63, 3.8) is 0 Å². The van der Waals surface area contributed by atoms with E-state index >= 15 is 0 Å². The normalized spacial score (nSPS) is 15.4. The van der Waals surface area contributed by atoms with Crippen LogP contribution in [0, 0.1) is 0 Å². The highest BCUT2D eigenvalue weighted by Crippen LogP contribution is 2.23. The highest BCUT2D eigenvalue weighted by Gasteiger charge is 2.17. The molecule has 0 saturated carbocycles. The summed E-state index contributed by atoms with van der Waals surface area (Å²) in [4.78, 5) is 8.86. The lowest BCUT2D eigenvalue weighted by Crippen LogP contribution is -2.19. The van der Waals surface area contributed by atoms with Crippen molar-refractivity contribution in [1.29, 1.82) is 0 Å². The molecule has 1 saturated heterocycles. The molecule has 0 atom stereocenters. The average molecular weight is 366 g/mol. The number of ether oxygens (including phenoxy) is 1. The second-order valence-electron chi connectivity index (χ2n) is 6.43. The molecule has 11 nitrogen and oxygen atoms in total. The van der Waals surface area contributed by atoms with Crippen LogP contribution >= 0.6 is 0 Å². The van der Waals surface area contributed by atoms with Crippen LogP contribution < -0.4 is 5.32 Å². The predicted octanol–water partition coefficient (Wildman–Crippen LogP) is 1.24. The molecule has 5 heterocycles. The first-order valence-electron chi connectivity index (χ1n) is 8.74. The van der Waals surface area contributed by atoms with Crippen LogP contribution in [0.1, 0.15) is 18.9 Å². The largest absolute Gasteiger partial charge is 0.381 e. The number of aromatic nitrogens is 9. The maximum absolute atomic E-state index is 5.41. The van der Waals surface area contributed by atoms with Crippen molar-refractivity contribution < 1.29 is 4.74 Å². The minimum absolute atomic E-state index is 0.368. The molecule has 11 heteroatoms. The van der Waals surface area contributed by atoms with Crippen LogP contribution in [0.25, 0.3) is 17.0 Å². The van der Waals surface area contributed by atoms with Gasteiger partial charge in [0.05, 0.1) is 24.1 Å². The Morgan fingerprint density at radius 2 is 2.11 bits per heavy atom. The fourth-order valence-corrected chi connectivity index (χ4v) is 3.14. The van der Waals surface area contributed by atoms with E-state index in [-0.39, 0.29) is 0 Å². The van der Waals surface area contributed by atoms with Gasteiger partial charge in [-0.05, 0) is 12.8 Å².